The first kappa shape index (κ1) is 34.4. The third-order valence-electron chi connectivity index (χ3n) is 8.38. The number of anilines is 1. The van der Waals surface area contributed by atoms with Crippen molar-refractivity contribution in [1.82, 2.24) is 10.2 Å². The predicted octanol–water partition coefficient (Wildman–Crippen LogP) is 6.67. The van der Waals surface area contributed by atoms with Crippen molar-refractivity contribution in [3.8, 4) is 0 Å². The summed E-state index contributed by atoms with van der Waals surface area (Å²) in [5.41, 5.74) is 5.79. The molecule has 0 spiro atoms. The summed E-state index contributed by atoms with van der Waals surface area (Å²) in [7, 11) is -4.16. The van der Waals surface area contributed by atoms with Crippen LogP contribution in [0.25, 0.3) is 0 Å². The zero-order valence-corrected chi connectivity index (χ0v) is 28.5. The number of sulfonamides is 1. The number of aryl methyl sites for hydroxylation is 4. The molecule has 0 aliphatic rings. The number of hydrogen-bond donors (Lipinski definition) is 1. The second-order valence-electron chi connectivity index (χ2n) is 12.1. The fourth-order valence-corrected chi connectivity index (χ4v) is 6.88. The molecule has 46 heavy (non-hydrogen) atoms. The molecule has 7 nitrogen and oxygen atoms in total. The molecule has 0 aliphatic carbocycles. The van der Waals surface area contributed by atoms with Crippen LogP contribution in [0.2, 0.25) is 0 Å². The Balaban J connectivity index is 1.84. The lowest BCUT2D eigenvalue weighted by molar-refractivity contribution is -0.140. The van der Waals surface area contributed by atoms with Crippen molar-refractivity contribution in [1.29, 1.82) is 0 Å². The van der Waals surface area contributed by atoms with Gasteiger partial charge in [-0.2, -0.15) is 0 Å². The van der Waals surface area contributed by atoms with Crippen LogP contribution in [0.1, 0.15) is 53.6 Å². The van der Waals surface area contributed by atoms with Gasteiger partial charge >= 0.3 is 0 Å². The van der Waals surface area contributed by atoms with Gasteiger partial charge in [-0.25, -0.2) is 8.42 Å². The third kappa shape index (κ3) is 8.43. The summed E-state index contributed by atoms with van der Waals surface area (Å²) >= 11 is 0. The first-order valence-electron chi connectivity index (χ1n) is 15.8. The van der Waals surface area contributed by atoms with Crippen LogP contribution in [0.15, 0.2) is 102 Å². The summed E-state index contributed by atoms with van der Waals surface area (Å²) in [5.74, 6) is -0.751. The van der Waals surface area contributed by atoms with Gasteiger partial charge in [-0.15, -0.1) is 0 Å². The van der Waals surface area contributed by atoms with Gasteiger partial charge in [-0.05, 0) is 81.5 Å². The van der Waals surface area contributed by atoms with E-state index in [4.69, 9.17) is 0 Å². The van der Waals surface area contributed by atoms with Gasteiger partial charge in [0.05, 0.1) is 10.6 Å². The van der Waals surface area contributed by atoms with Crippen molar-refractivity contribution in [2.24, 2.45) is 0 Å². The van der Waals surface area contributed by atoms with Gasteiger partial charge in [0.2, 0.25) is 11.8 Å². The standard InChI is InChI=1S/C38H45N3O4S/c1-7-31(6)39-38(43)36(24-32-14-9-8-10-15-32)40(25-33-16-12-11-13-29(33)4)37(42)26-41(35-22-19-28(3)23-30(35)5)46(44,45)34-20-17-27(2)18-21-34/h8-23,31,36H,7,24-26H2,1-6H3,(H,39,43)/t31-,36-/m0/s1. The molecule has 0 bridgehead atoms. The molecular weight excluding hydrogens is 595 g/mol. The van der Waals surface area contributed by atoms with Gasteiger partial charge in [0.15, 0.2) is 0 Å². The first-order chi connectivity index (χ1) is 21.9. The van der Waals surface area contributed by atoms with E-state index in [1.165, 1.54) is 4.31 Å². The highest BCUT2D eigenvalue weighted by Gasteiger charge is 2.35. The smallest absolute Gasteiger partial charge is 0.264 e. The summed E-state index contributed by atoms with van der Waals surface area (Å²) in [6.45, 7) is 11.2. The van der Waals surface area contributed by atoms with Gasteiger partial charge in [-0.1, -0.05) is 96.9 Å². The lowest BCUT2D eigenvalue weighted by atomic mass is 10.0. The van der Waals surface area contributed by atoms with E-state index in [0.29, 0.717) is 5.69 Å². The van der Waals surface area contributed by atoms with Crippen LogP contribution in [0.3, 0.4) is 0 Å². The number of carbonyl (C=O) groups excluding carboxylic acids is 2. The molecule has 1 N–H and O–H groups in total. The Labute approximate surface area is 274 Å². The Morgan fingerprint density at radius 1 is 0.783 bits per heavy atom. The maximum atomic E-state index is 14.7. The molecule has 0 fully saturated rings. The van der Waals surface area contributed by atoms with Crippen LogP contribution in [0.4, 0.5) is 5.69 Å². The molecule has 2 amide bonds. The van der Waals surface area contributed by atoms with Gasteiger partial charge < -0.3 is 10.2 Å². The fraction of sp³-hybridized carbons (Fsp3) is 0.316. The average Bonchev–Trinajstić information content (AvgIpc) is 3.03. The van der Waals surface area contributed by atoms with Gasteiger partial charge in [0, 0.05) is 19.0 Å². The Hall–Kier alpha value is -4.43. The zero-order chi connectivity index (χ0) is 33.4. The van der Waals surface area contributed by atoms with E-state index in [0.717, 1.165) is 39.8 Å². The second kappa shape index (κ2) is 15.2. The summed E-state index contributed by atoms with van der Waals surface area (Å²) in [5, 5.41) is 3.08. The van der Waals surface area contributed by atoms with E-state index in [9.17, 15) is 18.0 Å². The Morgan fingerprint density at radius 2 is 1.41 bits per heavy atom. The lowest BCUT2D eigenvalue weighted by Crippen LogP contribution is -2.54. The van der Waals surface area contributed by atoms with Crippen LogP contribution in [-0.4, -0.2) is 43.8 Å². The van der Waals surface area contributed by atoms with Crippen molar-refractivity contribution in [2.45, 2.75) is 77.9 Å². The predicted molar refractivity (Wildman–Crippen MR) is 185 cm³/mol. The Bertz CT molecular complexity index is 1750. The number of nitrogens with one attached hydrogen (secondary N) is 1. The van der Waals surface area contributed by atoms with Crippen molar-refractivity contribution in [3.63, 3.8) is 0 Å². The lowest BCUT2D eigenvalue weighted by Gasteiger charge is -2.35. The maximum Gasteiger partial charge on any atom is 0.264 e. The van der Waals surface area contributed by atoms with Gasteiger partial charge in [0.1, 0.15) is 12.6 Å². The van der Waals surface area contributed by atoms with Crippen LogP contribution in [-0.2, 0) is 32.6 Å². The van der Waals surface area contributed by atoms with Crippen molar-refractivity contribution < 1.29 is 18.0 Å². The summed E-state index contributed by atoms with van der Waals surface area (Å²) < 4.78 is 29.8. The number of benzene rings is 4. The average molecular weight is 640 g/mol. The zero-order valence-electron chi connectivity index (χ0n) is 27.7. The summed E-state index contributed by atoms with van der Waals surface area (Å²) in [6.07, 6.45) is 1.000. The molecule has 0 aromatic heterocycles. The first-order valence-corrected chi connectivity index (χ1v) is 17.2. The highest BCUT2D eigenvalue weighted by molar-refractivity contribution is 7.92. The molecule has 8 heteroatoms. The van der Waals surface area contributed by atoms with E-state index in [-0.39, 0.29) is 29.8 Å². The highest BCUT2D eigenvalue weighted by atomic mass is 32.2. The minimum Gasteiger partial charge on any atom is -0.352 e. The SMILES string of the molecule is CC[C@H](C)NC(=O)[C@H](Cc1ccccc1)N(Cc1ccccc1C)C(=O)CN(c1ccc(C)cc1C)S(=O)(=O)c1ccc(C)cc1. The molecule has 242 valence electrons. The molecule has 2 atom stereocenters. The number of carbonyl (C=O) groups is 2. The van der Waals surface area contributed by atoms with Crippen LogP contribution >= 0.6 is 0 Å². The molecule has 0 unspecified atom stereocenters. The molecule has 0 saturated carbocycles. The second-order valence-corrected chi connectivity index (χ2v) is 13.9. The largest absolute Gasteiger partial charge is 0.352 e. The van der Waals surface area contributed by atoms with E-state index < -0.39 is 28.5 Å². The molecule has 4 aromatic carbocycles. The molecule has 0 radical (unpaired) electrons. The Kier molecular flexibility index (Phi) is 11.4. The van der Waals surface area contributed by atoms with Crippen molar-refractivity contribution in [2.75, 3.05) is 10.8 Å². The summed E-state index contributed by atoms with van der Waals surface area (Å²) in [6, 6.07) is 28.4. The molecule has 0 heterocycles. The summed E-state index contributed by atoms with van der Waals surface area (Å²) in [4.78, 5) is 30.3. The molecule has 4 rings (SSSR count). The van der Waals surface area contributed by atoms with Crippen LogP contribution in [0.5, 0.6) is 0 Å². The highest BCUT2D eigenvalue weighted by Crippen LogP contribution is 2.29. The number of amides is 2. The van der Waals surface area contributed by atoms with E-state index >= 15 is 0 Å². The monoisotopic (exact) mass is 639 g/mol. The van der Waals surface area contributed by atoms with Crippen LogP contribution < -0.4 is 9.62 Å². The number of nitrogens with zero attached hydrogens (tertiary/aromatic N) is 2. The van der Waals surface area contributed by atoms with Crippen molar-refractivity contribution >= 4 is 27.5 Å². The topological polar surface area (TPSA) is 86.8 Å². The minimum absolute atomic E-state index is 0.0895. The van der Waals surface area contributed by atoms with Gasteiger partial charge in [0.25, 0.3) is 10.0 Å². The number of hydrogen-bond acceptors (Lipinski definition) is 4. The normalized spacial score (nSPS) is 12.7. The van der Waals surface area contributed by atoms with Crippen LogP contribution in [0, 0.1) is 27.7 Å². The molecule has 4 aromatic rings. The molecule has 0 aliphatic heterocycles. The third-order valence-corrected chi connectivity index (χ3v) is 10.2. The van der Waals surface area contributed by atoms with E-state index in [1.807, 2.05) is 108 Å². The molecule has 0 saturated heterocycles. The minimum atomic E-state index is -4.16. The maximum absolute atomic E-state index is 14.7. The fourth-order valence-electron chi connectivity index (χ4n) is 5.40. The number of rotatable bonds is 13. The van der Waals surface area contributed by atoms with E-state index in [2.05, 4.69) is 5.32 Å². The van der Waals surface area contributed by atoms with Crippen molar-refractivity contribution in [3.05, 3.63) is 130 Å². The molecular formula is C38H45N3O4S. The van der Waals surface area contributed by atoms with Gasteiger partial charge in [-0.3, -0.25) is 13.9 Å². The Morgan fingerprint density at radius 3 is 2.04 bits per heavy atom. The quantitative estimate of drug-likeness (QED) is 0.177. The van der Waals surface area contributed by atoms with E-state index in [1.54, 1.807) is 35.2 Å².